The first-order valence-electron chi connectivity index (χ1n) is 13.2. The molecule has 5 rings (SSSR count). The van der Waals surface area contributed by atoms with Gasteiger partial charge in [-0.05, 0) is 77.9 Å². The molecule has 1 aromatic heterocycles. The number of hydrogen-bond donors (Lipinski definition) is 3. The van der Waals surface area contributed by atoms with Gasteiger partial charge in [-0.1, -0.05) is 18.2 Å². The third kappa shape index (κ3) is 5.49. The van der Waals surface area contributed by atoms with E-state index in [0.29, 0.717) is 29.5 Å². The van der Waals surface area contributed by atoms with Gasteiger partial charge in [-0.2, -0.15) is 0 Å². The predicted octanol–water partition coefficient (Wildman–Crippen LogP) is 5.31. The lowest BCUT2D eigenvalue weighted by Crippen LogP contribution is -2.37. The molecular formula is C31H33N5O4. The van der Waals surface area contributed by atoms with Crippen molar-refractivity contribution in [3.8, 4) is 11.5 Å². The molecule has 1 fully saturated rings. The second-order valence-corrected chi connectivity index (χ2v) is 9.82. The zero-order valence-electron chi connectivity index (χ0n) is 22.8. The van der Waals surface area contributed by atoms with Crippen molar-refractivity contribution in [2.75, 3.05) is 37.1 Å². The fourth-order valence-corrected chi connectivity index (χ4v) is 5.35. The second kappa shape index (κ2) is 11.5. The fourth-order valence-electron chi connectivity index (χ4n) is 5.35. The highest BCUT2D eigenvalue weighted by Gasteiger charge is 2.35. The largest absolute Gasteiger partial charge is 0.493 e. The fraction of sp³-hybridized carbons (Fsp3) is 0.258. The van der Waals surface area contributed by atoms with Gasteiger partial charge in [0.25, 0.3) is 0 Å². The number of rotatable bonds is 8. The summed E-state index contributed by atoms with van der Waals surface area (Å²) in [5.74, 6) is 1.38. The lowest BCUT2D eigenvalue weighted by Gasteiger charge is -2.31. The Kier molecular flexibility index (Phi) is 7.72. The summed E-state index contributed by atoms with van der Waals surface area (Å²) in [6.45, 7) is 2.11. The zero-order valence-corrected chi connectivity index (χ0v) is 22.8. The first kappa shape index (κ1) is 26.8. The zero-order chi connectivity index (χ0) is 28.2. The number of ether oxygens (including phenoxy) is 2. The molecular weight excluding hydrogens is 506 g/mol. The van der Waals surface area contributed by atoms with Crippen molar-refractivity contribution in [1.82, 2.24) is 9.88 Å². The average Bonchev–Trinajstić information content (AvgIpc) is 3.45. The normalized spacial score (nSPS) is 15.5. The van der Waals surface area contributed by atoms with E-state index in [9.17, 15) is 9.59 Å². The van der Waals surface area contributed by atoms with Gasteiger partial charge >= 0.3 is 0 Å². The third-order valence-electron chi connectivity index (χ3n) is 7.22. The lowest BCUT2D eigenvalue weighted by molar-refractivity contribution is -0.133. The molecule has 9 heteroatoms. The number of anilines is 3. The maximum atomic E-state index is 14.4. The van der Waals surface area contributed by atoms with Crippen LogP contribution in [0.1, 0.15) is 43.0 Å². The van der Waals surface area contributed by atoms with Crippen LogP contribution in [-0.2, 0) is 9.59 Å². The van der Waals surface area contributed by atoms with Crippen LogP contribution in [0.3, 0.4) is 0 Å². The van der Waals surface area contributed by atoms with Crippen molar-refractivity contribution in [1.29, 1.82) is 0 Å². The Bertz CT molecular complexity index is 1560. The van der Waals surface area contributed by atoms with Gasteiger partial charge in [-0.15, -0.1) is 0 Å². The summed E-state index contributed by atoms with van der Waals surface area (Å²) in [5.41, 5.74) is 9.27. The minimum Gasteiger partial charge on any atom is -0.493 e. The van der Waals surface area contributed by atoms with Gasteiger partial charge in [0.2, 0.25) is 11.8 Å². The number of aromatic nitrogens is 1. The molecule has 0 saturated carbocycles. The minimum absolute atomic E-state index is 0.0611. The number of benzene rings is 3. The number of amides is 2. The molecule has 2 atom stereocenters. The molecule has 0 bridgehead atoms. The Hall–Kier alpha value is -4.79. The molecule has 1 unspecified atom stereocenters. The maximum absolute atomic E-state index is 14.4. The van der Waals surface area contributed by atoms with Crippen molar-refractivity contribution < 1.29 is 19.1 Å². The molecule has 206 valence electrons. The molecule has 3 aromatic carbocycles. The molecule has 0 aliphatic carbocycles. The summed E-state index contributed by atoms with van der Waals surface area (Å²) < 4.78 is 11.0. The number of methoxy groups -OCH3 is 2. The highest BCUT2D eigenvalue weighted by molar-refractivity contribution is 5.94. The van der Waals surface area contributed by atoms with Gasteiger partial charge in [0.15, 0.2) is 11.5 Å². The van der Waals surface area contributed by atoms with Crippen LogP contribution in [0, 0.1) is 0 Å². The summed E-state index contributed by atoms with van der Waals surface area (Å²) in [7, 11) is 3.16. The minimum atomic E-state index is -0.699. The summed E-state index contributed by atoms with van der Waals surface area (Å²) in [6.07, 6.45) is 3.38. The number of pyridine rings is 1. The van der Waals surface area contributed by atoms with Crippen molar-refractivity contribution in [2.45, 2.75) is 31.8 Å². The van der Waals surface area contributed by atoms with Crippen molar-refractivity contribution in [3.05, 3.63) is 84.1 Å². The highest BCUT2D eigenvalue weighted by Crippen LogP contribution is 2.38. The van der Waals surface area contributed by atoms with E-state index < -0.39 is 6.04 Å². The van der Waals surface area contributed by atoms with Gasteiger partial charge in [-0.3, -0.25) is 9.59 Å². The number of fused-ring (bicyclic) bond motifs is 1. The SMILES string of the molecule is COc1ccc(C(Nc2ccc3c(N)nccc3c2)C(=O)N2CCC[C@@H]2c2cccc(NC(C)=O)c2)cc1OC. The Morgan fingerprint density at radius 2 is 1.82 bits per heavy atom. The number of carbonyl (C=O) groups excluding carboxylic acids is 2. The molecule has 4 aromatic rings. The van der Waals surface area contributed by atoms with Crippen LogP contribution in [0.4, 0.5) is 17.2 Å². The van der Waals surface area contributed by atoms with E-state index in [1.165, 1.54) is 6.92 Å². The molecule has 1 aliphatic heterocycles. The van der Waals surface area contributed by atoms with Crippen molar-refractivity contribution in [3.63, 3.8) is 0 Å². The molecule has 9 nitrogen and oxygen atoms in total. The summed E-state index contributed by atoms with van der Waals surface area (Å²) in [5, 5.41) is 8.09. The van der Waals surface area contributed by atoms with Crippen LogP contribution in [0.2, 0.25) is 0 Å². The third-order valence-corrected chi connectivity index (χ3v) is 7.22. The van der Waals surface area contributed by atoms with Gasteiger partial charge in [-0.25, -0.2) is 4.98 Å². The number of hydrogen-bond acceptors (Lipinski definition) is 7. The van der Waals surface area contributed by atoms with Gasteiger partial charge in [0, 0.05) is 36.4 Å². The molecule has 4 N–H and O–H groups in total. The number of nitrogens with one attached hydrogen (secondary N) is 2. The van der Waals surface area contributed by atoms with Gasteiger partial charge in [0.05, 0.1) is 20.3 Å². The Morgan fingerprint density at radius 1 is 1.00 bits per heavy atom. The standard InChI is InChI=1S/C31H33N5O4/c1-19(37)34-23-7-4-6-21(17-23)26-8-5-15-36(26)31(38)29(22-9-12-27(39-2)28(18-22)40-3)35-24-10-11-25-20(16-24)13-14-33-30(25)32/h4,6-7,9-14,16-18,26,29,35H,5,8,15H2,1-3H3,(H2,32,33)(H,34,37)/t26-,29?/m1/s1. The van der Waals surface area contributed by atoms with Crippen LogP contribution in [0.15, 0.2) is 72.9 Å². The Morgan fingerprint density at radius 3 is 2.60 bits per heavy atom. The number of carbonyl (C=O) groups is 2. The summed E-state index contributed by atoms with van der Waals surface area (Å²) >= 11 is 0. The number of likely N-dealkylation sites (tertiary alicyclic amines) is 1. The number of nitrogens with two attached hydrogens (primary N) is 1. The highest BCUT2D eigenvalue weighted by atomic mass is 16.5. The smallest absolute Gasteiger partial charge is 0.250 e. The Labute approximate surface area is 233 Å². The van der Waals surface area contributed by atoms with E-state index in [0.717, 1.165) is 40.4 Å². The van der Waals surface area contributed by atoms with Gasteiger partial charge < -0.3 is 30.7 Å². The molecule has 40 heavy (non-hydrogen) atoms. The molecule has 1 aliphatic rings. The van der Waals surface area contributed by atoms with E-state index in [-0.39, 0.29) is 17.9 Å². The van der Waals surface area contributed by atoms with Crippen LogP contribution in [0.5, 0.6) is 11.5 Å². The van der Waals surface area contributed by atoms with Crippen LogP contribution in [0.25, 0.3) is 10.8 Å². The number of nitrogen functional groups attached to an aromatic ring is 1. The summed E-state index contributed by atoms with van der Waals surface area (Å²) in [4.78, 5) is 32.1. The molecule has 0 spiro atoms. The van der Waals surface area contributed by atoms with Crippen molar-refractivity contribution >= 4 is 39.8 Å². The van der Waals surface area contributed by atoms with Gasteiger partial charge in [0.1, 0.15) is 11.9 Å². The lowest BCUT2D eigenvalue weighted by atomic mass is 10.0. The molecule has 2 heterocycles. The second-order valence-electron chi connectivity index (χ2n) is 9.82. The predicted molar refractivity (Wildman–Crippen MR) is 156 cm³/mol. The van der Waals surface area contributed by atoms with Crippen molar-refractivity contribution in [2.24, 2.45) is 0 Å². The maximum Gasteiger partial charge on any atom is 0.250 e. The molecule has 0 radical (unpaired) electrons. The van der Waals surface area contributed by atoms with Crippen LogP contribution in [-0.4, -0.2) is 42.5 Å². The first-order valence-corrected chi connectivity index (χ1v) is 13.2. The topological polar surface area (TPSA) is 119 Å². The van der Waals surface area contributed by atoms with E-state index in [2.05, 4.69) is 15.6 Å². The average molecular weight is 540 g/mol. The van der Waals surface area contributed by atoms with Crippen LogP contribution >= 0.6 is 0 Å². The van der Waals surface area contributed by atoms with E-state index in [4.69, 9.17) is 15.2 Å². The van der Waals surface area contributed by atoms with E-state index in [1.807, 2.05) is 65.6 Å². The molecule has 1 saturated heterocycles. The number of nitrogens with zero attached hydrogens (tertiary/aromatic N) is 2. The van der Waals surface area contributed by atoms with E-state index >= 15 is 0 Å². The van der Waals surface area contributed by atoms with Crippen LogP contribution < -0.4 is 25.8 Å². The summed E-state index contributed by atoms with van der Waals surface area (Å²) in [6, 6.07) is 20.1. The molecule has 2 amide bonds. The quantitative estimate of drug-likeness (QED) is 0.278. The van der Waals surface area contributed by atoms with E-state index in [1.54, 1.807) is 26.5 Å². The monoisotopic (exact) mass is 539 g/mol. The Balaban J connectivity index is 1.52. The first-order chi connectivity index (χ1) is 19.4.